The van der Waals surface area contributed by atoms with Gasteiger partial charge in [-0.2, -0.15) is 5.26 Å². The molecule has 8 heteroatoms. The molecule has 146 valence electrons. The topological polar surface area (TPSA) is 60.1 Å². The Morgan fingerprint density at radius 3 is 2.41 bits per heavy atom. The van der Waals surface area contributed by atoms with Gasteiger partial charge in [0.15, 0.2) is 25.3 Å². The van der Waals surface area contributed by atoms with Gasteiger partial charge in [0, 0.05) is 11.4 Å². The fourth-order valence-electron chi connectivity index (χ4n) is 3.24. The van der Waals surface area contributed by atoms with Gasteiger partial charge < -0.3 is 13.4 Å². The molecule has 5 nitrogen and oxygen atoms in total. The van der Waals surface area contributed by atoms with E-state index < -0.39 is 25.3 Å². The molecule has 0 N–H and O–H groups in total. The molecule has 27 heavy (non-hydrogen) atoms. The highest BCUT2D eigenvalue weighted by Gasteiger charge is 2.40. The highest BCUT2D eigenvalue weighted by atomic mass is 35.5. The SMILES string of the molecule is C[SiH2]OC(CC(C)(C)C)(O[SiH2]C)c1cncn1Cc1ccc(C#N)cc1Cl. The summed E-state index contributed by atoms with van der Waals surface area (Å²) in [6, 6.07) is 7.48. The van der Waals surface area contributed by atoms with Crippen molar-refractivity contribution in [3.8, 4) is 6.07 Å². The summed E-state index contributed by atoms with van der Waals surface area (Å²) in [7, 11) is -1.42. The first kappa shape index (κ1) is 21.9. The van der Waals surface area contributed by atoms with Crippen molar-refractivity contribution in [1.29, 1.82) is 5.26 Å². The maximum atomic E-state index is 9.04. The summed E-state index contributed by atoms with van der Waals surface area (Å²) in [6.45, 7) is 11.4. The van der Waals surface area contributed by atoms with Crippen molar-refractivity contribution in [2.45, 2.75) is 52.6 Å². The Labute approximate surface area is 171 Å². The molecule has 0 saturated heterocycles. The van der Waals surface area contributed by atoms with E-state index in [2.05, 4.69) is 44.9 Å². The Hall–Kier alpha value is -1.44. The van der Waals surface area contributed by atoms with Crippen molar-refractivity contribution in [1.82, 2.24) is 9.55 Å². The van der Waals surface area contributed by atoms with Crippen LogP contribution in [0.15, 0.2) is 30.7 Å². The zero-order valence-electron chi connectivity index (χ0n) is 16.8. The van der Waals surface area contributed by atoms with Crippen LogP contribution in [0.5, 0.6) is 0 Å². The van der Waals surface area contributed by atoms with Crippen LogP contribution in [0.3, 0.4) is 0 Å². The second kappa shape index (κ2) is 9.17. The van der Waals surface area contributed by atoms with Gasteiger partial charge in [-0.1, -0.05) is 51.5 Å². The lowest BCUT2D eigenvalue weighted by atomic mass is 9.86. The molecule has 0 saturated carbocycles. The minimum Gasteiger partial charge on any atom is -0.394 e. The molecule has 2 aromatic rings. The maximum Gasteiger partial charge on any atom is 0.192 e. The molecule has 2 rings (SSSR count). The molecule has 0 aliphatic carbocycles. The first-order valence-electron chi connectivity index (χ1n) is 9.21. The third-order valence-corrected chi connectivity index (χ3v) is 6.01. The van der Waals surface area contributed by atoms with Crippen molar-refractivity contribution in [2.75, 3.05) is 0 Å². The number of imidazole rings is 1. The normalized spacial score (nSPS) is 14.9. The van der Waals surface area contributed by atoms with E-state index >= 15 is 0 Å². The lowest BCUT2D eigenvalue weighted by molar-refractivity contribution is -0.150. The van der Waals surface area contributed by atoms with Crippen LogP contribution in [0, 0.1) is 16.7 Å². The predicted octanol–water partition coefficient (Wildman–Crippen LogP) is 3.34. The van der Waals surface area contributed by atoms with E-state index in [1.807, 2.05) is 16.8 Å². The number of hydrogen-bond acceptors (Lipinski definition) is 4. The van der Waals surface area contributed by atoms with Gasteiger partial charge in [-0.05, 0) is 23.1 Å². The number of rotatable bonds is 8. The Morgan fingerprint density at radius 2 is 1.89 bits per heavy atom. The van der Waals surface area contributed by atoms with Gasteiger partial charge in [0.2, 0.25) is 0 Å². The van der Waals surface area contributed by atoms with Gasteiger partial charge in [-0.15, -0.1) is 0 Å². The van der Waals surface area contributed by atoms with E-state index in [9.17, 15) is 0 Å². The molecule has 0 aliphatic rings. The van der Waals surface area contributed by atoms with Crippen LogP contribution in [-0.2, 0) is 21.2 Å². The minimum absolute atomic E-state index is 0.0360. The largest absolute Gasteiger partial charge is 0.394 e. The highest BCUT2D eigenvalue weighted by molar-refractivity contribution is 6.31. The van der Waals surface area contributed by atoms with E-state index in [1.165, 1.54) is 0 Å². The monoisotopic (exact) mass is 421 g/mol. The molecule has 0 aliphatic heterocycles. The van der Waals surface area contributed by atoms with Crippen LogP contribution in [0.2, 0.25) is 18.1 Å². The highest BCUT2D eigenvalue weighted by Crippen LogP contribution is 2.39. The van der Waals surface area contributed by atoms with E-state index in [0.29, 0.717) is 17.1 Å². The van der Waals surface area contributed by atoms with Crippen molar-refractivity contribution < 1.29 is 8.85 Å². The fourth-order valence-corrected chi connectivity index (χ4v) is 5.25. The zero-order chi connectivity index (χ0) is 20.1. The lowest BCUT2D eigenvalue weighted by Crippen LogP contribution is -2.40. The molecule has 0 unspecified atom stereocenters. The van der Waals surface area contributed by atoms with Gasteiger partial charge in [-0.25, -0.2) is 4.98 Å². The summed E-state index contributed by atoms with van der Waals surface area (Å²) >= 11 is 6.39. The summed E-state index contributed by atoms with van der Waals surface area (Å²) in [5.41, 5.74) is 2.45. The average molecular weight is 422 g/mol. The predicted molar refractivity (Wildman–Crippen MR) is 114 cm³/mol. The number of nitrogens with zero attached hydrogens (tertiary/aromatic N) is 3. The lowest BCUT2D eigenvalue weighted by Gasteiger charge is -2.39. The van der Waals surface area contributed by atoms with Gasteiger partial charge in [0.25, 0.3) is 0 Å². The van der Waals surface area contributed by atoms with Gasteiger partial charge in [0.1, 0.15) is 0 Å². The average Bonchev–Trinajstić information content (AvgIpc) is 3.04. The van der Waals surface area contributed by atoms with Crippen molar-refractivity contribution in [2.24, 2.45) is 5.41 Å². The van der Waals surface area contributed by atoms with Crippen LogP contribution in [-0.4, -0.2) is 29.1 Å². The summed E-state index contributed by atoms with van der Waals surface area (Å²) in [4.78, 5) is 4.38. The van der Waals surface area contributed by atoms with Gasteiger partial charge >= 0.3 is 0 Å². The third-order valence-electron chi connectivity index (χ3n) is 4.14. The van der Waals surface area contributed by atoms with Crippen molar-refractivity contribution in [3.63, 3.8) is 0 Å². The Bertz CT molecular complexity index is 806. The smallest absolute Gasteiger partial charge is 0.192 e. The van der Waals surface area contributed by atoms with E-state index in [0.717, 1.165) is 17.7 Å². The zero-order valence-corrected chi connectivity index (χ0v) is 20.3. The van der Waals surface area contributed by atoms with Crippen LogP contribution in [0.4, 0.5) is 0 Å². The second-order valence-corrected chi connectivity index (χ2v) is 9.82. The van der Waals surface area contributed by atoms with Gasteiger partial charge in [0.05, 0.1) is 36.4 Å². The van der Waals surface area contributed by atoms with E-state index in [1.54, 1.807) is 18.5 Å². The fraction of sp³-hybridized carbons (Fsp3) is 0.474. The van der Waals surface area contributed by atoms with E-state index in [4.69, 9.17) is 25.7 Å². The minimum atomic E-state index is -0.754. The molecule has 1 heterocycles. The molecule has 0 atom stereocenters. The second-order valence-electron chi connectivity index (χ2n) is 7.68. The van der Waals surface area contributed by atoms with Gasteiger partial charge in [-0.3, -0.25) is 0 Å². The van der Waals surface area contributed by atoms with Crippen LogP contribution >= 0.6 is 11.6 Å². The molecule has 0 fully saturated rings. The molecule has 0 radical (unpaired) electrons. The summed E-state index contributed by atoms with van der Waals surface area (Å²) in [5, 5.41) is 9.61. The molecule has 0 amide bonds. The molecule has 1 aromatic heterocycles. The number of aromatic nitrogens is 2. The summed E-state index contributed by atoms with van der Waals surface area (Å²) < 4.78 is 14.7. The van der Waals surface area contributed by atoms with E-state index in [-0.39, 0.29) is 5.41 Å². The quantitative estimate of drug-likeness (QED) is 0.484. The number of hydrogen-bond donors (Lipinski definition) is 0. The van der Waals surface area contributed by atoms with Crippen LogP contribution < -0.4 is 0 Å². The number of nitriles is 1. The third kappa shape index (κ3) is 5.53. The summed E-state index contributed by atoms with van der Waals surface area (Å²) in [5.74, 6) is -0.754. The maximum absolute atomic E-state index is 9.04. The Kier molecular flexibility index (Phi) is 7.43. The first-order chi connectivity index (χ1) is 12.7. The summed E-state index contributed by atoms with van der Waals surface area (Å²) in [6.07, 6.45) is 4.40. The van der Waals surface area contributed by atoms with Crippen molar-refractivity contribution in [3.05, 3.63) is 52.6 Å². The standard InChI is InChI=1S/C19H28ClN3O2Si2/c1-18(2,3)12-19(24-26-4,25-27-5)17-10-22-13-23(17)11-15-7-6-14(9-21)8-16(15)20/h6-8,10,13H,11-12,26-27H2,1-5H3. The van der Waals surface area contributed by atoms with Crippen LogP contribution in [0.1, 0.15) is 44.0 Å². The molecule has 0 bridgehead atoms. The van der Waals surface area contributed by atoms with Crippen molar-refractivity contribution >= 4 is 31.1 Å². The molecular weight excluding hydrogens is 394 g/mol. The molecular formula is C19H28ClN3O2Si2. The molecule has 0 spiro atoms. The molecule has 1 aromatic carbocycles. The van der Waals surface area contributed by atoms with Crippen LogP contribution in [0.25, 0.3) is 0 Å². The first-order valence-corrected chi connectivity index (χ1v) is 13.6. The Morgan fingerprint density at radius 1 is 1.22 bits per heavy atom. The number of halogens is 1. The Balaban J connectivity index is 2.45. The number of benzene rings is 1.